The summed E-state index contributed by atoms with van der Waals surface area (Å²) in [6.07, 6.45) is 1.35. The molecule has 1 N–H and O–H groups in total. The number of thiophene rings is 1. The minimum absolute atomic E-state index is 0.130. The molecule has 2 aromatic heterocycles. The molecule has 1 amide bonds. The summed E-state index contributed by atoms with van der Waals surface area (Å²) < 4.78 is 5.67. The van der Waals surface area contributed by atoms with E-state index in [2.05, 4.69) is 5.32 Å². The Morgan fingerprint density at radius 3 is 2.81 bits per heavy atom. The number of carbonyl (C=O) groups excluding carboxylic acids is 1. The highest BCUT2D eigenvalue weighted by molar-refractivity contribution is 7.14. The number of hydrogen-bond acceptors (Lipinski definition) is 5. The predicted molar refractivity (Wildman–Crippen MR) is 100 cm³/mol. The van der Waals surface area contributed by atoms with Crippen LogP contribution in [0.15, 0.2) is 57.8 Å². The smallest absolute Gasteiger partial charge is 0.267 e. The van der Waals surface area contributed by atoms with Crippen LogP contribution in [0.25, 0.3) is 17.4 Å². The maximum atomic E-state index is 12.3. The number of hydrogen-bond donors (Lipinski definition) is 1. The first-order valence-electron chi connectivity index (χ1n) is 7.37. The van der Waals surface area contributed by atoms with E-state index in [4.69, 9.17) is 21.3 Å². The fourth-order valence-corrected chi connectivity index (χ4v) is 3.11. The third-order valence-corrected chi connectivity index (χ3v) is 4.47. The molecule has 0 unspecified atom stereocenters. The summed E-state index contributed by atoms with van der Waals surface area (Å²) in [4.78, 5) is 12.3. The van der Waals surface area contributed by atoms with Crippen molar-refractivity contribution < 1.29 is 9.21 Å². The maximum absolute atomic E-state index is 12.3. The summed E-state index contributed by atoms with van der Waals surface area (Å²) in [5.74, 6) is 0.326. The largest absolute Gasteiger partial charge is 0.457 e. The van der Waals surface area contributed by atoms with Crippen molar-refractivity contribution in [3.8, 4) is 23.5 Å². The topological polar surface area (TPSA) is 89.8 Å². The summed E-state index contributed by atoms with van der Waals surface area (Å²) in [5, 5.41) is 23.5. The predicted octanol–water partition coefficient (Wildman–Crippen LogP) is 5.08. The van der Waals surface area contributed by atoms with Gasteiger partial charge in [-0.05, 0) is 35.7 Å². The molecule has 0 aliphatic carbocycles. The molecule has 0 radical (unpaired) electrons. The van der Waals surface area contributed by atoms with Gasteiger partial charge in [-0.3, -0.25) is 4.79 Å². The summed E-state index contributed by atoms with van der Waals surface area (Å²) in [7, 11) is 0. The SMILES string of the molecule is N#C/C(=C\c1ccc(-c2cccc(Cl)c2)o1)C(=O)Nc1sccc1C#N. The number of benzene rings is 1. The maximum Gasteiger partial charge on any atom is 0.267 e. The van der Waals surface area contributed by atoms with E-state index in [9.17, 15) is 10.1 Å². The number of halogens is 1. The number of amides is 1. The normalized spacial score (nSPS) is 10.8. The second-order valence-corrected chi connectivity index (χ2v) is 6.46. The quantitative estimate of drug-likeness (QED) is 0.505. The third kappa shape index (κ3) is 3.84. The lowest BCUT2D eigenvalue weighted by Gasteiger charge is -2.01. The molecule has 0 bridgehead atoms. The monoisotopic (exact) mass is 379 g/mol. The molecule has 126 valence electrons. The van der Waals surface area contributed by atoms with Gasteiger partial charge in [-0.1, -0.05) is 23.7 Å². The molecule has 2 heterocycles. The Bertz CT molecular complexity index is 1080. The molecule has 7 heteroatoms. The molecule has 0 atom stereocenters. The van der Waals surface area contributed by atoms with Crippen LogP contribution in [0.2, 0.25) is 5.02 Å². The third-order valence-electron chi connectivity index (χ3n) is 3.40. The van der Waals surface area contributed by atoms with Gasteiger partial charge >= 0.3 is 0 Å². The van der Waals surface area contributed by atoms with Gasteiger partial charge in [-0.25, -0.2) is 0 Å². The standard InChI is InChI=1S/C19H10ClN3O2S/c20-15-3-1-2-12(8-15)17-5-4-16(25-17)9-14(11-22)18(24)23-19-13(10-21)6-7-26-19/h1-9H,(H,23,24)/b14-9+. The van der Waals surface area contributed by atoms with Crippen molar-refractivity contribution in [2.45, 2.75) is 0 Å². The molecule has 0 spiro atoms. The zero-order chi connectivity index (χ0) is 18.5. The van der Waals surface area contributed by atoms with Crippen LogP contribution in [0.5, 0.6) is 0 Å². The highest BCUT2D eigenvalue weighted by Crippen LogP contribution is 2.26. The fourth-order valence-electron chi connectivity index (χ4n) is 2.18. The molecule has 0 fully saturated rings. The van der Waals surface area contributed by atoms with Gasteiger partial charge in [0, 0.05) is 16.7 Å². The van der Waals surface area contributed by atoms with Crippen LogP contribution in [-0.2, 0) is 4.79 Å². The number of anilines is 1. The lowest BCUT2D eigenvalue weighted by molar-refractivity contribution is -0.112. The first-order valence-corrected chi connectivity index (χ1v) is 8.63. The van der Waals surface area contributed by atoms with Crippen LogP contribution >= 0.6 is 22.9 Å². The zero-order valence-corrected chi connectivity index (χ0v) is 14.8. The van der Waals surface area contributed by atoms with Gasteiger partial charge in [0.15, 0.2) is 0 Å². The minimum atomic E-state index is -0.604. The molecule has 5 nitrogen and oxygen atoms in total. The Morgan fingerprint density at radius 2 is 2.08 bits per heavy atom. The second kappa shape index (κ2) is 7.71. The molecule has 0 aliphatic rings. The summed E-state index contributed by atoms with van der Waals surface area (Å²) >= 11 is 7.18. The van der Waals surface area contributed by atoms with E-state index in [0.29, 0.717) is 27.1 Å². The number of nitriles is 2. The van der Waals surface area contributed by atoms with Gasteiger partial charge < -0.3 is 9.73 Å². The molecular formula is C19H10ClN3O2S. The summed E-state index contributed by atoms with van der Waals surface area (Å²) in [6, 6.07) is 16.0. The van der Waals surface area contributed by atoms with E-state index in [1.807, 2.05) is 18.2 Å². The van der Waals surface area contributed by atoms with Crippen LogP contribution < -0.4 is 5.32 Å². The number of nitrogens with zero attached hydrogens (tertiary/aromatic N) is 2. The van der Waals surface area contributed by atoms with Crippen molar-refractivity contribution in [1.29, 1.82) is 10.5 Å². The molecule has 3 aromatic rings. The average Bonchev–Trinajstić information content (AvgIpc) is 3.28. The van der Waals surface area contributed by atoms with Crippen molar-refractivity contribution in [2.24, 2.45) is 0 Å². The fraction of sp³-hybridized carbons (Fsp3) is 0. The van der Waals surface area contributed by atoms with Crippen LogP contribution in [0.3, 0.4) is 0 Å². The van der Waals surface area contributed by atoms with E-state index in [-0.39, 0.29) is 5.57 Å². The number of rotatable bonds is 4. The number of carbonyl (C=O) groups is 1. The molecule has 0 saturated heterocycles. The minimum Gasteiger partial charge on any atom is -0.457 e. The first-order chi connectivity index (χ1) is 12.6. The highest BCUT2D eigenvalue weighted by Gasteiger charge is 2.14. The van der Waals surface area contributed by atoms with Gasteiger partial charge in [-0.2, -0.15) is 10.5 Å². The van der Waals surface area contributed by atoms with Gasteiger partial charge in [0.25, 0.3) is 5.91 Å². The summed E-state index contributed by atoms with van der Waals surface area (Å²) in [5.41, 5.74) is 1.01. The van der Waals surface area contributed by atoms with Crippen LogP contribution in [-0.4, -0.2) is 5.91 Å². The van der Waals surface area contributed by atoms with E-state index < -0.39 is 5.91 Å². The Labute approximate surface area is 158 Å². The summed E-state index contributed by atoms with van der Waals surface area (Å²) in [6.45, 7) is 0. The molecule has 0 saturated carbocycles. The van der Waals surface area contributed by atoms with Crippen molar-refractivity contribution >= 4 is 39.9 Å². The lowest BCUT2D eigenvalue weighted by Crippen LogP contribution is -2.13. The van der Waals surface area contributed by atoms with E-state index in [1.165, 1.54) is 17.4 Å². The van der Waals surface area contributed by atoms with Crippen molar-refractivity contribution in [2.75, 3.05) is 5.32 Å². The van der Waals surface area contributed by atoms with Gasteiger partial charge in [0.05, 0.1) is 5.56 Å². The Kier molecular flexibility index (Phi) is 5.19. The van der Waals surface area contributed by atoms with Crippen molar-refractivity contribution in [3.05, 3.63) is 69.8 Å². The van der Waals surface area contributed by atoms with Gasteiger partial charge in [-0.15, -0.1) is 11.3 Å². The zero-order valence-electron chi connectivity index (χ0n) is 13.2. The second-order valence-electron chi connectivity index (χ2n) is 5.11. The first kappa shape index (κ1) is 17.5. The average molecular weight is 380 g/mol. The van der Waals surface area contributed by atoms with Crippen LogP contribution in [0, 0.1) is 22.7 Å². The van der Waals surface area contributed by atoms with Gasteiger partial charge in [0.1, 0.15) is 34.2 Å². The van der Waals surface area contributed by atoms with E-state index in [1.54, 1.807) is 41.8 Å². The molecule has 3 rings (SSSR count). The Hall–Kier alpha value is -3.32. The Balaban J connectivity index is 1.82. The molecule has 0 aliphatic heterocycles. The van der Waals surface area contributed by atoms with Crippen molar-refractivity contribution in [3.63, 3.8) is 0 Å². The van der Waals surface area contributed by atoms with Crippen molar-refractivity contribution in [1.82, 2.24) is 0 Å². The molecular weight excluding hydrogens is 370 g/mol. The Morgan fingerprint density at radius 1 is 1.23 bits per heavy atom. The van der Waals surface area contributed by atoms with Crippen LogP contribution in [0.4, 0.5) is 5.00 Å². The number of furan rings is 1. The molecule has 1 aromatic carbocycles. The number of nitrogens with one attached hydrogen (secondary N) is 1. The highest BCUT2D eigenvalue weighted by atomic mass is 35.5. The van der Waals surface area contributed by atoms with Gasteiger partial charge in [0.2, 0.25) is 0 Å². The molecule has 26 heavy (non-hydrogen) atoms. The van der Waals surface area contributed by atoms with Crippen LogP contribution in [0.1, 0.15) is 11.3 Å². The van der Waals surface area contributed by atoms with E-state index >= 15 is 0 Å². The van der Waals surface area contributed by atoms with E-state index in [0.717, 1.165) is 5.56 Å². The lowest BCUT2D eigenvalue weighted by atomic mass is 10.2.